The lowest BCUT2D eigenvalue weighted by Crippen LogP contribution is -2.38. The third-order valence-corrected chi connectivity index (χ3v) is 2.57. The molecular weight excluding hydrogens is 204 g/mol. The molecule has 16 heavy (non-hydrogen) atoms. The number of ether oxygens (including phenoxy) is 1. The molecule has 0 aromatic heterocycles. The minimum atomic E-state index is -0.0821. The van der Waals surface area contributed by atoms with Crippen LogP contribution in [0.2, 0.25) is 0 Å². The molecule has 1 aliphatic rings. The minimum absolute atomic E-state index is 0.0223. The minimum Gasteiger partial charge on any atom is -0.368 e. The van der Waals surface area contributed by atoms with Crippen LogP contribution in [-0.2, 0) is 9.53 Å². The van der Waals surface area contributed by atoms with Crippen LogP contribution in [0.5, 0.6) is 0 Å². The summed E-state index contributed by atoms with van der Waals surface area (Å²) in [4.78, 5) is 11.5. The molecular formula is C12H20N2O2. The molecule has 90 valence electrons. The average molecular weight is 224 g/mol. The van der Waals surface area contributed by atoms with Crippen molar-refractivity contribution in [2.45, 2.75) is 38.3 Å². The van der Waals surface area contributed by atoms with Gasteiger partial charge in [-0.05, 0) is 32.9 Å². The maximum atomic E-state index is 11.5. The van der Waals surface area contributed by atoms with Crippen molar-refractivity contribution in [1.29, 1.82) is 0 Å². The number of piperidine rings is 1. The van der Waals surface area contributed by atoms with Gasteiger partial charge < -0.3 is 15.4 Å². The molecule has 1 heterocycles. The Kier molecular flexibility index (Phi) is 5.91. The summed E-state index contributed by atoms with van der Waals surface area (Å²) >= 11 is 0. The lowest BCUT2D eigenvalue weighted by molar-refractivity contribution is -0.128. The standard InChI is InChI=1S/C12H20N2O2/c1-3-4-10(2)14-12(15)9-16-11-5-7-13-8-6-11/h1,10-11,13H,4-9H2,2H3,(H,14,15). The lowest BCUT2D eigenvalue weighted by Gasteiger charge is -2.23. The monoisotopic (exact) mass is 224 g/mol. The van der Waals surface area contributed by atoms with Gasteiger partial charge in [0.25, 0.3) is 0 Å². The first-order chi connectivity index (χ1) is 7.72. The van der Waals surface area contributed by atoms with E-state index in [1.54, 1.807) is 0 Å². The van der Waals surface area contributed by atoms with Gasteiger partial charge in [-0.3, -0.25) is 4.79 Å². The van der Waals surface area contributed by atoms with Crippen LogP contribution in [0.1, 0.15) is 26.2 Å². The van der Waals surface area contributed by atoms with Gasteiger partial charge in [0.1, 0.15) is 6.61 Å². The number of nitrogens with one attached hydrogen (secondary N) is 2. The molecule has 0 spiro atoms. The summed E-state index contributed by atoms with van der Waals surface area (Å²) in [5, 5.41) is 6.05. The van der Waals surface area contributed by atoms with Crippen LogP contribution in [0.4, 0.5) is 0 Å². The average Bonchev–Trinajstić information content (AvgIpc) is 2.28. The van der Waals surface area contributed by atoms with Crippen molar-refractivity contribution >= 4 is 5.91 Å². The zero-order valence-electron chi connectivity index (χ0n) is 9.79. The van der Waals surface area contributed by atoms with Crippen LogP contribution in [0, 0.1) is 12.3 Å². The quantitative estimate of drug-likeness (QED) is 0.660. The van der Waals surface area contributed by atoms with Gasteiger partial charge >= 0.3 is 0 Å². The van der Waals surface area contributed by atoms with E-state index in [-0.39, 0.29) is 24.7 Å². The molecule has 2 N–H and O–H groups in total. The predicted octanol–water partition coefficient (Wildman–Crippen LogP) is 0.283. The topological polar surface area (TPSA) is 50.4 Å². The first-order valence-electron chi connectivity index (χ1n) is 5.77. The molecule has 4 heteroatoms. The number of amides is 1. The van der Waals surface area contributed by atoms with Gasteiger partial charge in [-0.2, -0.15) is 0 Å². The van der Waals surface area contributed by atoms with E-state index in [9.17, 15) is 4.79 Å². The fraction of sp³-hybridized carbons (Fsp3) is 0.750. The van der Waals surface area contributed by atoms with Crippen molar-refractivity contribution in [2.24, 2.45) is 0 Å². The summed E-state index contributed by atoms with van der Waals surface area (Å²) in [5.74, 6) is 2.43. The number of carbonyl (C=O) groups is 1. The van der Waals surface area contributed by atoms with Gasteiger partial charge in [-0.15, -0.1) is 12.3 Å². The molecule has 1 amide bonds. The van der Waals surface area contributed by atoms with Crippen LogP contribution in [0.15, 0.2) is 0 Å². The van der Waals surface area contributed by atoms with E-state index in [4.69, 9.17) is 11.2 Å². The molecule has 1 fully saturated rings. The molecule has 1 unspecified atom stereocenters. The number of hydrogen-bond acceptors (Lipinski definition) is 3. The maximum Gasteiger partial charge on any atom is 0.246 e. The molecule has 1 saturated heterocycles. The number of rotatable bonds is 5. The zero-order chi connectivity index (χ0) is 11.8. The van der Waals surface area contributed by atoms with Crippen LogP contribution < -0.4 is 10.6 Å². The van der Waals surface area contributed by atoms with E-state index in [1.807, 2.05) is 6.92 Å². The van der Waals surface area contributed by atoms with E-state index in [0.29, 0.717) is 6.42 Å². The fourth-order valence-corrected chi connectivity index (χ4v) is 1.70. The predicted molar refractivity (Wildman–Crippen MR) is 62.9 cm³/mol. The molecule has 0 aromatic rings. The second-order valence-corrected chi connectivity index (χ2v) is 4.14. The Hall–Kier alpha value is -1.05. The number of carbonyl (C=O) groups excluding carboxylic acids is 1. The Labute approximate surface area is 97.1 Å². The Morgan fingerprint density at radius 1 is 1.62 bits per heavy atom. The highest BCUT2D eigenvalue weighted by atomic mass is 16.5. The summed E-state index contributed by atoms with van der Waals surface area (Å²) < 4.78 is 5.52. The summed E-state index contributed by atoms with van der Waals surface area (Å²) in [6.45, 7) is 3.97. The fourth-order valence-electron chi connectivity index (χ4n) is 1.70. The van der Waals surface area contributed by atoms with Gasteiger partial charge in [-0.1, -0.05) is 0 Å². The SMILES string of the molecule is C#CCC(C)NC(=O)COC1CCNCC1. The molecule has 4 nitrogen and oxygen atoms in total. The molecule has 0 aromatic carbocycles. The highest BCUT2D eigenvalue weighted by Gasteiger charge is 2.15. The van der Waals surface area contributed by atoms with Crippen LogP contribution in [0.25, 0.3) is 0 Å². The van der Waals surface area contributed by atoms with Gasteiger partial charge in [0, 0.05) is 12.5 Å². The van der Waals surface area contributed by atoms with E-state index in [2.05, 4.69) is 16.6 Å². The summed E-state index contributed by atoms with van der Waals surface area (Å²) in [5.41, 5.74) is 0. The first kappa shape index (κ1) is 13.0. The summed E-state index contributed by atoms with van der Waals surface area (Å²) in [7, 11) is 0. The van der Waals surface area contributed by atoms with E-state index >= 15 is 0 Å². The summed E-state index contributed by atoms with van der Waals surface area (Å²) in [6.07, 6.45) is 7.89. The highest BCUT2D eigenvalue weighted by molar-refractivity contribution is 5.77. The van der Waals surface area contributed by atoms with Gasteiger partial charge in [0.2, 0.25) is 5.91 Å². The first-order valence-corrected chi connectivity index (χ1v) is 5.77. The molecule has 0 aliphatic carbocycles. The Bertz CT molecular complexity index is 254. The summed E-state index contributed by atoms with van der Waals surface area (Å²) in [6, 6.07) is 0.0223. The van der Waals surface area contributed by atoms with E-state index < -0.39 is 0 Å². The van der Waals surface area contributed by atoms with Gasteiger partial charge in [0.05, 0.1) is 6.10 Å². The van der Waals surface area contributed by atoms with Gasteiger partial charge in [0.15, 0.2) is 0 Å². The second-order valence-electron chi connectivity index (χ2n) is 4.14. The molecule has 0 radical (unpaired) electrons. The molecule has 0 saturated carbocycles. The van der Waals surface area contributed by atoms with Crippen molar-refractivity contribution in [1.82, 2.24) is 10.6 Å². The van der Waals surface area contributed by atoms with Crippen molar-refractivity contribution in [2.75, 3.05) is 19.7 Å². The van der Waals surface area contributed by atoms with Gasteiger partial charge in [-0.25, -0.2) is 0 Å². The smallest absolute Gasteiger partial charge is 0.246 e. The third kappa shape index (κ3) is 5.15. The van der Waals surface area contributed by atoms with Crippen LogP contribution in [0.3, 0.4) is 0 Å². The maximum absolute atomic E-state index is 11.5. The van der Waals surface area contributed by atoms with Crippen molar-refractivity contribution in [3.63, 3.8) is 0 Å². The lowest BCUT2D eigenvalue weighted by atomic mass is 10.1. The molecule has 1 rings (SSSR count). The zero-order valence-corrected chi connectivity index (χ0v) is 9.79. The van der Waals surface area contributed by atoms with Crippen molar-refractivity contribution in [3.05, 3.63) is 0 Å². The Morgan fingerprint density at radius 3 is 2.94 bits per heavy atom. The van der Waals surface area contributed by atoms with Crippen molar-refractivity contribution < 1.29 is 9.53 Å². The number of terminal acetylenes is 1. The third-order valence-electron chi connectivity index (χ3n) is 2.57. The molecule has 0 bridgehead atoms. The normalized spacial score (nSPS) is 18.8. The highest BCUT2D eigenvalue weighted by Crippen LogP contribution is 2.06. The van der Waals surface area contributed by atoms with E-state index in [0.717, 1.165) is 25.9 Å². The van der Waals surface area contributed by atoms with Crippen molar-refractivity contribution in [3.8, 4) is 12.3 Å². The Balaban J connectivity index is 2.12. The van der Waals surface area contributed by atoms with Crippen LogP contribution in [-0.4, -0.2) is 37.7 Å². The second kappa shape index (κ2) is 7.26. The Morgan fingerprint density at radius 2 is 2.31 bits per heavy atom. The molecule has 1 aliphatic heterocycles. The van der Waals surface area contributed by atoms with Crippen LogP contribution >= 0.6 is 0 Å². The number of hydrogen-bond donors (Lipinski definition) is 2. The van der Waals surface area contributed by atoms with E-state index in [1.165, 1.54) is 0 Å². The molecule has 1 atom stereocenters. The largest absolute Gasteiger partial charge is 0.368 e.